The van der Waals surface area contributed by atoms with Crippen molar-refractivity contribution in [2.75, 3.05) is 13.1 Å². The van der Waals surface area contributed by atoms with Crippen LogP contribution in [0.4, 0.5) is 0 Å². The highest BCUT2D eigenvalue weighted by atomic mass is 15.1. The third-order valence-electron chi connectivity index (χ3n) is 4.08. The van der Waals surface area contributed by atoms with E-state index in [2.05, 4.69) is 54.1 Å². The van der Waals surface area contributed by atoms with E-state index in [1.807, 2.05) is 12.4 Å². The average molecular weight is 267 g/mol. The Morgan fingerprint density at radius 1 is 1.35 bits per heavy atom. The van der Waals surface area contributed by atoms with Gasteiger partial charge in [-0.15, -0.1) is 0 Å². The van der Waals surface area contributed by atoms with Crippen LogP contribution in [-0.4, -0.2) is 22.6 Å². The summed E-state index contributed by atoms with van der Waals surface area (Å²) in [5, 5.41) is 3.44. The van der Waals surface area contributed by atoms with Crippen molar-refractivity contribution in [3.63, 3.8) is 0 Å². The second kappa shape index (κ2) is 5.63. The molecule has 0 radical (unpaired) electrons. The van der Waals surface area contributed by atoms with Gasteiger partial charge < -0.3 is 9.88 Å². The van der Waals surface area contributed by atoms with E-state index in [1.54, 1.807) is 0 Å². The topological polar surface area (TPSA) is 29.9 Å². The highest BCUT2D eigenvalue weighted by Gasteiger charge is 2.22. The largest absolute Gasteiger partial charge is 0.326 e. The van der Waals surface area contributed by atoms with Crippen molar-refractivity contribution in [1.29, 1.82) is 0 Å². The molecule has 1 aliphatic rings. The number of nitrogens with one attached hydrogen (secondary N) is 1. The van der Waals surface area contributed by atoms with Gasteiger partial charge in [-0.2, -0.15) is 0 Å². The van der Waals surface area contributed by atoms with Crippen LogP contribution < -0.4 is 5.32 Å². The minimum absolute atomic E-state index is 0.518. The third kappa shape index (κ3) is 2.29. The lowest BCUT2D eigenvalue weighted by Gasteiger charge is -2.16. The predicted octanol–water partition coefficient (Wildman–Crippen LogP) is 3.51. The molecule has 0 saturated carbocycles. The molecule has 0 bridgehead atoms. The second-order valence-corrected chi connectivity index (χ2v) is 5.33. The molecule has 2 aromatic rings. The van der Waals surface area contributed by atoms with Crippen LogP contribution in [0.3, 0.4) is 0 Å². The molecule has 1 aromatic heterocycles. The highest BCUT2D eigenvalue weighted by Crippen LogP contribution is 2.31. The average Bonchev–Trinajstić information content (AvgIpc) is 3.16. The first-order valence-electron chi connectivity index (χ1n) is 7.27. The van der Waals surface area contributed by atoms with E-state index in [1.165, 1.54) is 23.3 Å². The number of nitrogens with zero attached hydrogens (tertiary/aromatic N) is 2. The van der Waals surface area contributed by atoms with Crippen molar-refractivity contribution in [3.05, 3.63) is 48.4 Å². The standard InChI is InChI=1S/C17H21N3/c1-3-13(2)17-16(14-7-5-4-6-8-14)19-12-20(17)15-9-10-18-11-15/h3-8,12,15,18H,9-11H2,1-2H3/b13-3+. The Morgan fingerprint density at radius 3 is 2.80 bits per heavy atom. The minimum atomic E-state index is 0.518. The fraction of sp³-hybridized carbons (Fsp3) is 0.353. The predicted molar refractivity (Wildman–Crippen MR) is 83.5 cm³/mol. The molecule has 0 spiro atoms. The van der Waals surface area contributed by atoms with E-state index in [0.717, 1.165) is 18.8 Å². The van der Waals surface area contributed by atoms with Crippen LogP contribution in [0.15, 0.2) is 42.7 Å². The molecular weight excluding hydrogens is 246 g/mol. The van der Waals surface area contributed by atoms with E-state index in [9.17, 15) is 0 Å². The molecule has 1 atom stereocenters. The summed E-state index contributed by atoms with van der Waals surface area (Å²) in [5.41, 5.74) is 4.82. The lowest BCUT2D eigenvalue weighted by atomic mass is 10.0. The molecule has 1 aliphatic heterocycles. The van der Waals surface area contributed by atoms with Gasteiger partial charge in [0, 0.05) is 18.2 Å². The number of rotatable bonds is 3. The van der Waals surface area contributed by atoms with Gasteiger partial charge in [0.2, 0.25) is 0 Å². The van der Waals surface area contributed by atoms with Crippen LogP contribution in [0.1, 0.15) is 32.0 Å². The SMILES string of the molecule is C/C=C(\C)c1c(-c2ccccc2)ncn1C1CCNC1. The summed E-state index contributed by atoms with van der Waals surface area (Å²) < 4.78 is 2.34. The number of imidazole rings is 1. The van der Waals surface area contributed by atoms with Gasteiger partial charge in [0.15, 0.2) is 0 Å². The Labute approximate surface area is 120 Å². The first kappa shape index (κ1) is 13.1. The number of benzene rings is 1. The fourth-order valence-electron chi connectivity index (χ4n) is 2.85. The van der Waals surface area contributed by atoms with Crippen molar-refractivity contribution >= 4 is 5.57 Å². The summed E-state index contributed by atoms with van der Waals surface area (Å²) in [7, 11) is 0. The molecular formula is C17H21N3. The number of hydrogen-bond acceptors (Lipinski definition) is 2. The number of hydrogen-bond donors (Lipinski definition) is 1. The summed E-state index contributed by atoms with van der Waals surface area (Å²) >= 11 is 0. The molecule has 3 rings (SSSR count). The van der Waals surface area contributed by atoms with Gasteiger partial charge in [0.25, 0.3) is 0 Å². The van der Waals surface area contributed by atoms with E-state index in [-0.39, 0.29) is 0 Å². The molecule has 1 saturated heterocycles. The maximum atomic E-state index is 4.69. The molecule has 0 amide bonds. The smallest absolute Gasteiger partial charge is 0.0961 e. The maximum Gasteiger partial charge on any atom is 0.0961 e. The van der Waals surface area contributed by atoms with E-state index in [0.29, 0.717) is 6.04 Å². The minimum Gasteiger partial charge on any atom is -0.326 e. The molecule has 3 heteroatoms. The van der Waals surface area contributed by atoms with Crippen molar-refractivity contribution in [2.24, 2.45) is 0 Å². The normalized spacial score (nSPS) is 19.5. The Kier molecular flexibility index (Phi) is 3.70. The molecule has 1 fully saturated rings. The Hall–Kier alpha value is -1.87. The summed E-state index contributed by atoms with van der Waals surface area (Å²) in [4.78, 5) is 4.69. The summed E-state index contributed by atoms with van der Waals surface area (Å²) in [6, 6.07) is 11.0. The quantitative estimate of drug-likeness (QED) is 0.922. The van der Waals surface area contributed by atoms with Gasteiger partial charge in [-0.3, -0.25) is 0 Å². The van der Waals surface area contributed by atoms with E-state index in [4.69, 9.17) is 4.98 Å². The molecule has 104 valence electrons. The lowest BCUT2D eigenvalue weighted by molar-refractivity contribution is 0.542. The molecule has 1 N–H and O–H groups in total. The van der Waals surface area contributed by atoms with Gasteiger partial charge >= 0.3 is 0 Å². The van der Waals surface area contributed by atoms with Crippen molar-refractivity contribution < 1.29 is 0 Å². The Bertz CT molecular complexity index is 604. The van der Waals surface area contributed by atoms with Crippen LogP contribution in [0.25, 0.3) is 16.8 Å². The van der Waals surface area contributed by atoms with Crippen molar-refractivity contribution in [1.82, 2.24) is 14.9 Å². The summed E-state index contributed by atoms with van der Waals surface area (Å²) in [6.45, 7) is 6.39. The number of allylic oxidation sites excluding steroid dienone is 2. The summed E-state index contributed by atoms with van der Waals surface area (Å²) in [6.07, 6.45) is 5.35. The monoisotopic (exact) mass is 267 g/mol. The Morgan fingerprint density at radius 2 is 2.15 bits per heavy atom. The van der Waals surface area contributed by atoms with Crippen LogP contribution in [-0.2, 0) is 0 Å². The van der Waals surface area contributed by atoms with Crippen molar-refractivity contribution in [2.45, 2.75) is 26.3 Å². The van der Waals surface area contributed by atoms with Crippen LogP contribution in [0.2, 0.25) is 0 Å². The van der Waals surface area contributed by atoms with Gasteiger partial charge in [-0.1, -0.05) is 36.4 Å². The molecule has 1 unspecified atom stereocenters. The van der Waals surface area contributed by atoms with Crippen molar-refractivity contribution in [3.8, 4) is 11.3 Å². The van der Waals surface area contributed by atoms with Crippen LogP contribution in [0, 0.1) is 0 Å². The highest BCUT2D eigenvalue weighted by molar-refractivity contribution is 5.76. The van der Waals surface area contributed by atoms with Gasteiger partial charge in [0.1, 0.15) is 0 Å². The molecule has 3 nitrogen and oxygen atoms in total. The number of aromatic nitrogens is 2. The third-order valence-corrected chi connectivity index (χ3v) is 4.08. The van der Waals surface area contributed by atoms with Gasteiger partial charge in [-0.05, 0) is 32.4 Å². The molecule has 1 aromatic carbocycles. The van der Waals surface area contributed by atoms with Gasteiger partial charge in [0.05, 0.1) is 17.7 Å². The fourth-order valence-corrected chi connectivity index (χ4v) is 2.85. The van der Waals surface area contributed by atoms with Gasteiger partial charge in [-0.25, -0.2) is 4.98 Å². The first-order chi connectivity index (χ1) is 9.81. The second-order valence-electron chi connectivity index (χ2n) is 5.33. The molecule has 0 aliphatic carbocycles. The molecule has 20 heavy (non-hydrogen) atoms. The Balaban J connectivity index is 2.11. The molecule has 2 heterocycles. The van der Waals surface area contributed by atoms with Crippen LogP contribution >= 0.6 is 0 Å². The van der Waals surface area contributed by atoms with E-state index >= 15 is 0 Å². The zero-order valence-corrected chi connectivity index (χ0v) is 12.1. The lowest BCUT2D eigenvalue weighted by Crippen LogP contribution is -2.14. The van der Waals surface area contributed by atoms with Crippen LogP contribution in [0.5, 0.6) is 0 Å². The maximum absolute atomic E-state index is 4.69. The zero-order valence-electron chi connectivity index (χ0n) is 12.1. The first-order valence-corrected chi connectivity index (χ1v) is 7.27. The zero-order chi connectivity index (χ0) is 13.9. The summed E-state index contributed by atoms with van der Waals surface area (Å²) in [5.74, 6) is 0. The van der Waals surface area contributed by atoms with E-state index < -0.39 is 0 Å².